The number of carbonyl (C=O) groups is 2. The van der Waals surface area contributed by atoms with Crippen LogP contribution in [0.1, 0.15) is 348 Å². The molecule has 1 atom stereocenters. The highest BCUT2D eigenvalue weighted by atomic mass is 16.6. The molecule has 0 saturated heterocycles. The van der Waals surface area contributed by atoms with Gasteiger partial charge in [0, 0.05) is 12.8 Å². The molecule has 0 radical (unpaired) electrons. The molecule has 0 aromatic heterocycles. The smallest absolute Gasteiger partial charge is 0.306 e. The van der Waals surface area contributed by atoms with Crippen molar-refractivity contribution in [2.24, 2.45) is 0 Å². The number of rotatable bonds is 69. The first kappa shape index (κ1) is 85.5. The van der Waals surface area contributed by atoms with Crippen molar-refractivity contribution in [3.05, 3.63) is 158 Å². The fourth-order valence-electron chi connectivity index (χ4n) is 10.7. The van der Waals surface area contributed by atoms with E-state index in [1.165, 1.54) is 199 Å². The van der Waals surface area contributed by atoms with Crippen molar-refractivity contribution in [3.63, 3.8) is 0 Å². The molecule has 0 amide bonds. The minimum absolute atomic E-state index is 0.0855. The lowest BCUT2D eigenvalue weighted by Gasteiger charge is -2.15. The van der Waals surface area contributed by atoms with Crippen LogP contribution in [0.4, 0.5) is 0 Å². The molecular formula is C85H142O5. The van der Waals surface area contributed by atoms with Crippen LogP contribution in [-0.4, -0.2) is 36.4 Å². The summed E-state index contributed by atoms with van der Waals surface area (Å²) in [4.78, 5) is 24.7. The Balaban J connectivity index is 3.53. The minimum Gasteiger partial charge on any atom is -0.462 e. The van der Waals surface area contributed by atoms with Crippen molar-refractivity contribution < 1.29 is 24.2 Å². The molecule has 0 aliphatic rings. The van der Waals surface area contributed by atoms with Gasteiger partial charge in [-0.2, -0.15) is 0 Å². The van der Waals surface area contributed by atoms with Crippen LogP contribution in [0.15, 0.2) is 158 Å². The monoisotopic (exact) mass is 1240 g/mol. The highest BCUT2D eigenvalue weighted by molar-refractivity contribution is 5.70. The standard InChI is InChI=1S/C85H142O5/c1-3-5-7-9-11-13-15-17-19-21-23-25-27-29-31-33-35-37-39-41-42-44-45-47-49-51-53-55-57-59-61-63-65-67-69-71-73-75-77-79-84(87)89-82-83(81-86)90-85(88)80-78-76-74-72-70-68-66-64-62-60-58-56-54-52-50-48-46-43-40-38-36-34-32-30-28-26-24-22-20-18-16-14-12-10-8-6-4-2/h6,8,12,14-15,17-18,20-21,23-24,26,30,32,36,38,43,46,50,52,56,58,62,64,68,70,83,86H,3-5,7,9-11,13,16,19,22,25,27-29,31,33-35,37,39-42,44-45,47-49,51,53-55,57,59-61,63,65-67,69,71-82H2,1-2H3/b8-6-,14-12-,17-15-,20-18-,23-21-,26-24-,32-30-,38-36-,46-43-,52-50-,58-56-,64-62-,70-68-. The Labute approximate surface area is 558 Å². The molecule has 1 unspecified atom stereocenters. The molecule has 0 heterocycles. The fourth-order valence-corrected chi connectivity index (χ4v) is 10.7. The quantitative estimate of drug-likeness (QED) is 0.0373. The Morgan fingerprint density at radius 1 is 0.267 bits per heavy atom. The number of carbonyl (C=O) groups excluding carboxylic acids is 2. The van der Waals surface area contributed by atoms with Crippen LogP contribution in [0.3, 0.4) is 0 Å². The number of aliphatic hydroxyl groups is 1. The van der Waals surface area contributed by atoms with Crippen molar-refractivity contribution in [2.45, 2.75) is 354 Å². The summed E-state index contributed by atoms with van der Waals surface area (Å²) in [5, 5.41) is 9.71. The summed E-state index contributed by atoms with van der Waals surface area (Å²) in [6.45, 7) is 4.01. The van der Waals surface area contributed by atoms with Crippen LogP contribution in [-0.2, 0) is 19.1 Å². The van der Waals surface area contributed by atoms with Gasteiger partial charge in [-0.1, -0.05) is 364 Å². The van der Waals surface area contributed by atoms with Crippen LogP contribution in [0.2, 0.25) is 0 Å². The third kappa shape index (κ3) is 76.0. The first-order chi connectivity index (χ1) is 44.6. The van der Waals surface area contributed by atoms with Gasteiger partial charge in [0.05, 0.1) is 6.61 Å². The maximum absolute atomic E-state index is 12.4. The van der Waals surface area contributed by atoms with E-state index in [0.717, 1.165) is 122 Å². The Morgan fingerprint density at radius 2 is 0.478 bits per heavy atom. The number of aliphatic hydroxyl groups excluding tert-OH is 1. The maximum atomic E-state index is 12.4. The van der Waals surface area contributed by atoms with Gasteiger partial charge in [-0.05, 0) is 128 Å². The SMILES string of the molecule is CC/C=C\C/C=C\C/C=C\C/C=C\C/C=C\C/C=C\C/C=C\C/C=C\C/C=C\C/C=C\C/C=C\CCCCCC(=O)OC(CO)COC(=O)CCCCCCCCCCCCCCCCCCCCCCCCCCCCC/C=C\C/C=C\CCCCCCC. The van der Waals surface area contributed by atoms with Crippen LogP contribution in [0, 0.1) is 0 Å². The lowest BCUT2D eigenvalue weighted by molar-refractivity contribution is -0.161. The Hall–Kier alpha value is -4.48. The van der Waals surface area contributed by atoms with Crippen LogP contribution >= 0.6 is 0 Å². The molecule has 0 rings (SSSR count). The zero-order valence-corrected chi connectivity index (χ0v) is 58.9. The summed E-state index contributed by atoms with van der Waals surface area (Å²) in [7, 11) is 0. The normalized spacial score (nSPS) is 13.1. The second-order valence-electron chi connectivity index (χ2n) is 25.0. The molecule has 90 heavy (non-hydrogen) atoms. The summed E-state index contributed by atoms with van der Waals surface area (Å²) in [6.07, 6.45) is 120. The van der Waals surface area contributed by atoms with Crippen molar-refractivity contribution >= 4 is 11.9 Å². The van der Waals surface area contributed by atoms with Gasteiger partial charge >= 0.3 is 11.9 Å². The molecule has 0 spiro atoms. The summed E-state index contributed by atoms with van der Waals surface area (Å²) < 4.78 is 10.7. The molecule has 0 aromatic rings. The minimum atomic E-state index is -0.802. The molecule has 0 aliphatic carbocycles. The first-order valence-electron chi connectivity index (χ1n) is 38.0. The zero-order chi connectivity index (χ0) is 64.7. The number of hydrogen-bond acceptors (Lipinski definition) is 5. The van der Waals surface area contributed by atoms with Gasteiger partial charge in [-0.15, -0.1) is 0 Å². The van der Waals surface area contributed by atoms with Gasteiger partial charge in [0.25, 0.3) is 0 Å². The number of unbranched alkanes of at least 4 members (excludes halogenated alkanes) is 35. The van der Waals surface area contributed by atoms with Gasteiger partial charge in [0.15, 0.2) is 6.10 Å². The number of ether oxygens (including phenoxy) is 2. The predicted octanol–water partition coefficient (Wildman–Crippen LogP) is 27.0. The highest BCUT2D eigenvalue weighted by Gasteiger charge is 2.16. The maximum Gasteiger partial charge on any atom is 0.306 e. The lowest BCUT2D eigenvalue weighted by Crippen LogP contribution is -2.28. The molecule has 1 N–H and O–H groups in total. The fraction of sp³-hybridized carbons (Fsp3) is 0.671. The van der Waals surface area contributed by atoms with E-state index < -0.39 is 6.10 Å². The largest absolute Gasteiger partial charge is 0.462 e. The van der Waals surface area contributed by atoms with Crippen LogP contribution in [0.25, 0.3) is 0 Å². The van der Waals surface area contributed by atoms with E-state index in [9.17, 15) is 14.7 Å². The molecular weight excluding hydrogens is 1100 g/mol. The van der Waals surface area contributed by atoms with E-state index in [0.29, 0.717) is 12.8 Å². The van der Waals surface area contributed by atoms with Crippen molar-refractivity contribution in [1.82, 2.24) is 0 Å². The molecule has 512 valence electrons. The van der Waals surface area contributed by atoms with E-state index in [1.54, 1.807) is 0 Å². The van der Waals surface area contributed by atoms with Gasteiger partial charge in [-0.25, -0.2) is 0 Å². The van der Waals surface area contributed by atoms with Crippen molar-refractivity contribution in [1.29, 1.82) is 0 Å². The van der Waals surface area contributed by atoms with E-state index >= 15 is 0 Å². The van der Waals surface area contributed by atoms with E-state index in [-0.39, 0.29) is 25.2 Å². The van der Waals surface area contributed by atoms with Gasteiger partial charge in [-0.3, -0.25) is 9.59 Å². The molecule has 0 aliphatic heterocycles. The second-order valence-corrected chi connectivity index (χ2v) is 25.0. The second kappa shape index (κ2) is 78.8. The summed E-state index contributed by atoms with van der Waals surface area (Å²) in [6, 6.07) is 0. The molecule has 0 aromatic carbocycles. The molecule has 5 heteroatoms. The van der Waals surface area contributed by atoms with Crippen molar-refractivity contribution in [2.75, 3.05) is 13.2 Å². The molecule has 0 fully saturated rings. The molecule has 0 saturated carbocycles. The predicted molar refractivity (Wildman–Crippen MR) is 398 cm³/mol. The van der Waals surface area contributed by atoms with E-state index in [1.807, 2.05) is 0 Å². The third-order valence-corrected chi connectivity index (χ3v) is 16.3. The Kier molecular flexibility index (Phi) is 74.8. The van der Waals surface area contributed by atoms with Gasteiger partial charge in [0.2, 0.25) is 0 Å². The van der Waals surface area contributed by atoms with Crippen molar-refractivity contribution in [3.8, 4) is 0 Å². The summed E-state index contributed by atoms with van der Waals surface area (Å²) in [5.41, 5.74) is 0. The van der Waals surface area contributed by atoms with E-state index in [4.69, 9.17) is 9.47 Å². The van der Waals surface area contributed by atoms with Gasteiger partial charge in [0.1, 0.15) is 6.61 Å². The Morgan fingerprint density at radius 3 is 0.733 bits per heavy atom. The molecule has 0 bridgehead atoms. The average molecular weight is 1240 g/mol. The first-order valence-corrected chi connectivity index (χ1v) is 38.0. The molecule has 5 nitrogen and oxygen atoms in total. The topological polar surface area (TPSA) is 72.8 Å². The average Bonchev–Trinajstić information content (AvgIpc) is 3.62. The number of esters is 2. The Bertz CT molecular complexity index is 1900. The summed E-state index contributed by atoms with van der Waals surface area (Å²) >= 11 is 0. The number of hydrogen-bond donors (Lipinski definition) is 1. The summed E-state index contributed by atoms with van der Waals surface area (Å²) in [5.74, 6) is -0.626. The number of allylic oxidation sites excluding steroid dienone is 26. The lowest BCUT2D eigenvalue weighted by atomic mass is 10.0. The third-order valence-electron chi connectivity index (χ3n) is 16.3. The highest BCUT2D eigenvalue weighted by Crippen LogP contribution is 2.18. The van der Waals surface area contributed by atoms with Crippen LogP contribution < -0.4 is 0 Å². The van der Waals surface area contributed by atoms with E-state index in [2.05, 4.69) is 172 Å². The zero-order valence-electron chi connectivity index (χ0n) is 58.9. The van der Waals surface area contributed by atoms with Crippen LogP contribution in [0.5, 0.6) is 0 Å². The van der Waals surface area contributed by atoms with Gasteiger partial charge < -0.3 is 14.6 Å².